The van der Waals surface area contributed by atoms with Crippen LogP contribution in [0.4, 0.5) is 0 Å². The number of piperidine rings is 1. The number of amides is 2. The van der Waals surface area contributed by atoms with E-state index in [4.69, 9.17) is 0 Å². The van der Waals surface area contributed by atoms with E-state index in [1.165, 1.54) is 4.90 Å². The largest absolute Gasteiger partial charge is 0.480 e. The molecular formula is C23H26N2O4S2. The minimum atomic E-state index is -0.978. The summed E-state index contributed by atoms with van der Waals surface area (Å²) < 4.78 is 0. The molecule has 0 bridgehead atoms. The summed E-state index contributed by atoms with van der Waals surface area (Å²) in [5.74, 6) is -0.873. The lowest BCUT2D eigenvalue weighted by Gasteiger charge is -2.39. The highest BCUT2D eigenvalue weighted by molar-refractivity contribution is 7.99. The fourth-order valence-corrected chi connectivity index (χ4v) is 6.12. The molecule has 2 heterocycles. The highest BCUT2D eigenvalue weighted by atomic mass is 32.2. The number of carbonyl (C=O) groups is 3. The SMILES string of the molecule is O=C(N[C@H]1CCS[C@H]2CCC[C@@H](C(=O)O)N2C1=O)C(S)Cc1cccc2ccccc12. The van der Waals surface area contributed by atoms with Crippen LogP contribution in [-0.4, -0.2) is 56.3 Å². The van der Waals surface area contributed by atoms with Gasteiger partial charge in [-0.3, -0.25) is 9.59 Å². The van der Waals surface area contributed by atoms with E-state index >= 15 is 0 Å². The monoisotopic (exact) mass is 458 g/mol. The van der Waals surface area contributed by atoms with Crippen molar-refractivity contribution in [1.29, 1.82) is 0 Å². The summed E-state index contributed by atoms with van der Waals surface area (Å²) in [5, 5.41) is 13.9. The van der Waals surface area contributed by atoms with Gasteiger partial charge in [0.1, 0.15) is 12.1 Å². The Morgan fingerprint density at radius 3 is 2.74 bits per heavy atom. The van der Waals surface area contributed by atoms with Gasteiger partial charge in [-0.15, -0.1) is 11.8 Å². The summed E-state index contributed by atoms with van der Waals surface area (Å²) in [6.07, 6.45) is 2.96. The maximum atomic E-state index is 13.2. The normalized spacial score (nSPS) is 24.9. The third kappa shape index (κ3) is 4.70. The maximum Gasteiger partial charge on any atom is 0.326 e. The Labute approximate surface area is 191 Å². The molecule has 8 heteroatoms. The number of nitrogens with one attached hydrogen (secondary N) is 1. The van der Waals surface area contributed by atoms with Crippen LogP contribution in [-0.2, 0) is 20.8 Å². The van der Waals surface area contributed by atoms with Gasteiger partial charge in [0, 0.05) is 0 Å². The molecule has 2 N–H and O–H groups in total. The fourth-order valence-electron chi connectivity index (χ4n) is 4.46. The van der Waals surface area contributed by atoms with Crippen LogP contribution < -0.4 is 5.32 Å². The molecule has 31 heavy (non-hydrogen) atoms. The van der Waals surface area contributed by atoms with Gasteiger partial charge in [-0.1, -0.05) is 42.5 Å². The molecule has 4 atom stereocenters. The van der Waals surface area contributed by atoms with E-state index < -0.39 is 23.3 Å². The van der Waals surface area contributed by atoms with Crippen LogP contribution >= 0.6 is 24.4 Å². The van der Waals surface area contributed by atoms with Crippen molar-refractivity contribution in [3.05, 3.63) is 48.0 Å². The van der Waals surface area contributed by atoms with Crippen LogP contribution in [0.1, 0.15) is 31.2 Å². The number of nitrogens with zero attached hydrogens (tertiary/aromatic N) is 1. The van der Waals surface area contributed by atoms with E-state index in [0.29, 0.717) is 25.0 Å². The molecule has 1 unspecified atom stereocenters. The first-order valence-corrected chi connectivity index (χ1v) is 12.1. The van der Waals surface area contributed by atoms with Crippen molar-refractivity contribution in [2.24, 2.45) is 0 Å². The van der Waals surface area contributed by atoms with Crippen molar-refractivity contribution in [2.45, 2.75) is 54.8 Å². The fraction of sp³-hybridized carbons (Fsp3) is 0.435. The quantitative estimate of drug-likeness (QED) is 0.600. The average Bonchev–Trinajstić information content (AvgIpc) is 2.92. The maximum absolute atomic E-state index is 13.2. The molecule has 6 nitrogen and oxygen atoms in total. The predicted molar refractivity (Wildman–Crippen MR) is 125 cm³/mol. The summed E-state index contributed by atoms with van der Waals surface area (Å²) in [6, 6.07) is 12.4. The molecule has 0 aliphatic carbocycles. The standard InChI is InChI=1S/C23H26N2O4S2/c26-21(19(30)13-15-7-3-6-14-5-1-2-8-16(14)15)24-17-11-12-31-20-10-4-9-18(23(28)29)25(20)22(17)27/h1-3,5-8,17-20,30H,4,9-13H2,(H,24,26)(H,28,29)/t17-,18-,19?,20-/m0/s1. The van der Waals surface area contributed by atoms with Crippen LogP contribution in [0.25, 0.3) is 10.8 Å². The van der Waals surface area contributed by atoms with Crippen molar-refractivity contribution in [3.63, 3.8) is 0 Å². The van der Waals surface area contributed by atoms with Gasteiger partial charge in [-0.05, 0) is 54.2 Å². The number of carbonyl (C=O) groups excluding carboxylic acids is 2. The third-order valence-corrected chi connectivity index (χ3v) is 7.78. The van der Waals surface area contributed by atoms with E-state index in [1.54, 1.807) is 11.8 Å². The number of carboxylic acid groups (broad SMARTS) is 1. The highest BCUT2D eigenvalue weighted by Crippen LogP contribution is 2.34. The molecular weight excluding hydrogens is 432 g/mol. The highest BCUT2D eigenvalue weighted by Gasteiger charge is 2.43. The zero-order valence-corrected chi connectivity index (χ0v) is 18.8. The minimum Gasteiger partial charge on any atom is -0.480 e. The molecule has 0 aromatic heterocycles. The van der Waals surface area contributed by atoms with Crippen molar-refractivity contribution >= 4 is 52.9 Å². The first-order valence-electron chi connectivity index (χ1n) is 10.6. The Morgan fingerprint density at radius 2 is 1.94 bits per heavy atom. The van der Waals surface area contributed by atoms with Gasteiger partial charge < -0.3 is 15.3 Å². The molecule has 2 aliphatic heterocycles. The van der Waals surface area contributed by atoms with Gasteiger partial charge in [-0.2, -0.15) is 12.6 Å². The molecule has 2 fully saturated rings. The van der Waals surface area contributed by atoms with E-state index in [-0.39, 0.29) is 17.2 Å². The Morgan fingerprint density at radius 1 is 1.16 bits per heavy atom. The number of hydrogen-bond acceptors (Lipinski definition) is 5. The van der Waals surface area contributed by atoms with Crippen molar-refractivity contribution < 1.29 is 19.5 Å². The summed E-state index contributed by atoms with van der Waals surface area (Å²) in [5.41, 5.74) is 1.03. The number of hydrogen-bond donors (Lipinski definition) is 3. The van der Waals surface area contributed by atoms with Crippen molar-refractivity contribution in [2.75, 3.05) is 5.75 Å². The third-order valence-electron chi connectivity index (χ3n) is 6.04. The molecule has 2 aromatic carbocycles. The zero-order chi connectivity index (χ0) is 22.0. The van der Waals surface area contributed by atoms with Gasteiger partial charge in [0.25, 0.3) is 0 Å². The Bertz CT molecular complexity index is 993. The van der Waals surface area contributed by atoms with Gasteiger partial charge in [0.2, 0.25) is 11.8 Å². The van der Waals surface area contributed by atoms with Crippen LogP contribution in [0.3, 0.4) is 0 Å². The number of thioether (sulfide) groups is 1. The molecule has 2 saturated heterocycles. The van der Waals surface area contributed by atoms with E-state index in [1.807, 2.05) is 42.5 Å². The number of benzene rings is 2. The molecule has 0 saturated carbocycles. The lowest BCUT2D eigenvalue weighted by molar-refractivity contribution is -0.154. The van der Waals surface area contributed by atoms with Crippen LogP contribution in [0.15, 0.2) is 42.5 Å². The topological polar surface area (TPSA) is 86.7 Å². The summed E-state index contributed by atoms with van der Waals surface area (Å²) >= 11 is 6.13. The second-order valence-electron chi connectivity index (χ2n) is 8.06. The number of rotatable bonds is 5. The second kappa shape index (κ2) is 9.53. The summed E-state index contributed by atoms with van der Waals surface area (Å²) in [4.78, 5) is 39.3. The lowest BCUT2D eigenvalue weighted by Crippen LogP contribution is -2.57. The number of fused-ring (bicyclic) bond motifs is 2. The molecule has 4 rings (SSSR count). The van der Waals surface area contributed by atoms with Crippen LogP contribution in [0.5, 0.6) is 0 Å². The van der Waals surface area contributed by atoms with Gasteiger partial charge in [0.05, 0.1) is 10.6 Å². The second-order valence-corrected chi connectivity index (χ2v) is 9.97. The van der Waals surface area contributed by atoms with E-state index in [0.717, 1.165) is 29.2 Å². The number of aliphatic carboxylic acids is 1. The molecule has 2 aliphatic rings. The van der Waals surface area contributed by atoms with Crippen molar-refractivity contribution in [1.82, 2.24) is 10.2 Å². The Kier molecular flexibility index (Phi) is 6.77. The van der Waals surface area contributed by atoms with E-state index in [2.05, 4.69) is 17.9 Å². The summed E-state index contributed by atoms with van der Waals surface area (Å²) in [7, 11) is 0. The minimum absolute atomic E-state index is 0.133. The number of thiol groups is 1. The molecule has 2 amide bonds. The lowest BCUT2D eigenvalue weighted by atomic mass is 9.99. The average molecular weight is 459 g/mol. The Hall–Kier alpha value is -2.19. The van der Waals surface area contributed by atoms with Gasteiger partial charge >= 0.3 is 5.97 Å². The summed E-state index contributed by atoms with van der Waals surface area (Å²) in [6.45, 7) is 0. The first-order chi connectivity index (χ1) is 15.0. The van der Waals surface area contributed by atoms with Crippen LogP contribution in [0, 0.1) is 0 Å². The van der Waals surface area contributed by atoms with Crippen LogP contribution in [0.2, 0.25) is 0 Å². The molecule has 164 valence electrons. The molecule has 0 spiro atoms. The van der Waals surface area contributed by atoms with Gasteiger partial charge in [-0.25, -0.2) is 4.79 Å². The van der Waals surface area contributed by atoms with Gasteiger partial charge in [0.15, 0.2) is 0 Å². The predicted octanol–water partition coefficient (Wildman–Crippen LogP) is 3.09. The smallest absolute Gasteiger partial charge is 0.326 e. The number of carboxylic acids is 1. The van der Waals surface area contributed by atoms with Crippen molar-refractivity contribution in [3.8, 4) is 0 Å². The molecule has 0 radical (unpaired) electrons. The Balaban J connectivity index is 1.47. The zero-order valence-electron chi connectivity index (χ0n) is 17.1. The molecule has 2 aromatic rings. The van der Waals surface area contributed by atoms with E-state index in [9.17, 15) is 19.5 Å². The first kappa shape index (κ1) is 22.0.